The molecule has 1 aromatic carbocycles. The third kappa shape index (κ3) is 4.59. The van der Waals surface area contributed by atoms with Gasteiger partial charge in [0.25, 0.3) is 0 Å². The van der Waals surface area contributed by atoms with E-state index in [2.05, 4.69) is 6.58 Å². The van der Waals surface area contributed by atoms with Crippen LogP contribution in [0.25, 0.3) is 0 Å². The van der Waals surface area contributed by atoms with E-state index in [1.54, 1.807) is 24.3 Å². The molecular weight excluding hydrogens is 254 g/mol. The topological polar surface area (TPSA) is 57.6 Å². The van der Waals surface area contributed by atoms with Crippen LogP contribution in [0, 0.1) is 0 Å². The number of amides is 1. The van der Waals surface area contributed by atoms with Gasteiger partial charge in [0.15, 0.2) is 0 Å². The van der Waals surface area contributed by atoms with Crippen molar-refractivity contribution in [1.29, 1.82) is 0 Å². The fourth-order valence-electron chi connectivity index (χ4n) is 1.51. The third-order valence-electron chi connectivity index (χ3n) is 2.27. The largest absolute Gasteiger partial charge is 0.480 e. The Labute approximate surface area is 110 Å². The quantitative estimate of drug-likeness (QED) is 0.802. The Morgan fingerprint density at radius 1 is 1.44 bits per heavy atom. The number of aliphatic carboxylic acids is 1. The average molecular weight is 268 g/mol. The van der Waals surface area contributed by atoms with Gasteiger partial charge in [-0.3, -0.25) is 9.59 Å². The minimum atomic E-state index is -1.05. The number of benzene rings is 1. The van der Waals surface area contributed by atoms with E-state index < -0.39 is 5.97 Å². The number of carbonyl (C=O) groups excluding carboxylic acids is 1. The fourth-order valence-corrected chi connectivity index (χ4v) is 1.72. The van der Waals surface area contributed by atoms with Crippen LogP contribution in [0.15, 0.2) is 36.9 Å². The molecule has 0 saturated heterocycles. The van der Waals surface area contributed by atoms with E-state index >= 15 is 0 Å². The Hall–Kier alpha value is -1.81. The molecule has 0 aliphatic carbocycles. The summed E-state index contributed by atoms with van der Waals surface area (Å²) in [5.41, 5.74) is 0.756. The molecule has 4 nitrogen and oxygen atoms in total. The Balaban J connectivity index is 2.71. The van der Waals surface area contributed by atoms with Gasteiger partial charge in [0.2, 0.25) is 5.91 Å². The van der Waals surface area contributed by atoms with Crippen molar-refractivity contribution < 1.29 is 14.7 Å². The summed E-state index contributed by atoms with van der Waals surface area (Å²) in [5.74, 6) is -1.31. The van der Waals surface area contributed by atoms with Gasteiger partial charge in [0.05, 0.1) is 6.42 Å². The van der Waals surface area contributed by atoms with Crippen molar-refractivity contribution in [3.05, 3.63) is 47.5 Å². The molecule has 1 N–H and O–H groups in total. The van der Waals surface area contributed by atoms with E-state index in [0.29, 0.717) is 5.02 Å². The first-order valence-corrected chi connectivity index (χ1v) is 5.75. The summed E-state index contributed by atoms with van der Waals surface area (Å²) in [6.45, 7) is 3.39. The number of hydrogen-bond acceptors (Lipinski definition) is 2. The maximum atomic E-state index is 11.9. The zero-order valence-corrected chi connectivity index (χ0v) is 10.6. The fraction of sp³-hybridized carbons (Fsp3) is 0.231. The zero-order chi connectivity index (χ0) is 13.5. The van der Waals surface area contributed by atoms with Crippen LogP contribution in [-0.2, 0) is 16.0 Å². The third-order valence-corrected chi connectivity index (χ3v) is 2.51. The van der Waals surface area contributed by atoms with Gasteiger partial charge in [-0.25, -0.2) is 0 Å². The van der Waals surface area contributed by atoms with Crippen LogP contribution < -0.4 is 0 Å². The van der Waals surface area contributed by atoms with Crippen LogP contribution in [0.3, 0.4) is 0 Å². The van der Waals surface area contributed by atoms with Crippen molar-refractivity contribution in [2.24, 2.45) is 0 Å². The second-order valence-corrected chi connectivity index (χ2v) is 4.20. The molecule has 0 unspecified atom stereocenters. The highest BCUT2D eigenvalue weighted by atomic mass is 35.5. The first kappa shape index (κ1) is 14.3. The number of nitrogens with zero attached hydrogens (tertiary/aromatic N) is 1. The molecule has 0 atom stereocenters. The Kier molecular flexibility index (Phi) is 5.39. The van der Waals surface area contributed by atoms with Crippen LogP contribution in [0.4, 0.5) is 0 Å². The summed E-state index contributed by atoms with van der Waals surface area (Å²) in [7, 11) is 0. The minimum Gasteiger partial charge on any atom is -0.480 e. The van der Waals surface area contributed by atoms with Crippen LogP contribution in [0.1, 0.15) is 5.56 Å². The maximum absolute atomic E-state index is 11.9. The van der Waals surface area contributed by atoms with Crippen LogP contribution in [0.5, 0.6) is 0 Å². The van der Waals surface area contributed by atoms with Crippen molar-refractivity contribution in [2.45, 2.75) is 6.42 Å². The molecule has 18 heavy (non-hydrogen) atoms. The molecule has 0 fully saturated rings. The van der Waals surface area contributed by atoms with E-state index in [4.69, 9.17) is 16.7 Å². The van der Waals surface area contributed by atoms with Gasteiger partial charge in [0.1, 0.15) is 6.54 Å². The lowest BCUT2D eigenvalue weighted by atomic mass is 10.1. The second kappa shape index (κ2) is 6.81. The Morgan fingerprint density at radius 3 is 2.72 bits per heavy atom. The lowest BCUT2D eigenvalue weighted by molar-refractivity contribution is -0.143. The molecule has 0 aromatic heterocycles. The number of hydrogen-bond donors (Lipinski definition) is 1. The molecule has 1 amide bonds. The van der Waals surface area contributed by atoms with E-state index in [9.17, 15) is 9.59 Å². The first-order valence-electron chi connectivity index (χ1n) is 5.38. The summed E-state index contributed by atoms with van der Waals surface area (Å²) in [4.78, 5) is 23.8. The molecule has 0 heterocycles. The van der Waals surface area contributed by atoms with Gasteiger partial charge in [-0.1, -0.05) is 29.8 Å². The van der Waals surface area contributed by atoms with Crippen molar-refractivity contribution in [2.75, 3.05) is 13.1 Å². The first-order chi connectivity index (χ1) is 8.52. The van der Waals surface area contributed by atoms with Crippen LogP contribution >= 0.6 is 11.6 Å². The maximum Gasteiger partial charge on any atom is 0.323 e. The molecule has 0 bridgehead atoms. The van der Waals surface area contributed by atoms with Gasteiger partial charge in [0, 0.05) is 11.6 Å². The highest BCUT2D eigenvalue weighted by molar-refractivity contribution is 6.30. The average Bonchev–Trinajstić information content (AvgIpc) is 2.27. The molecule has 0 spiro atoms. The molecule has 5 heteroatoms. The highest BCUT2D eigenvalue weighted by Gasteiger charge is 2.15. The second-order valence-electron chi connectivity index (χ2n) is 3.76. The SMILES string of the molecule is C=CCN(CC(=O)O)C(=O)Cc1cccc(Cl)c1. The van der Waals surface area contributed by atoms with Crippen LogP contribution in [0.2, 0.25) is 5.02 Å². The molecular formula is C13H14ClNO3. The van der Waals surface area contributed by atoms with E-state index in [1.807, 2.05) is 0 Å². The standard InChI is InChI=1S/C13H14ClNO3/c1-2-6-15(9-13(17)18)12(16)8-10-4-3-5-11(14)7-10/h2-5,7H,1,6,8-9H2,(H,17,18). The van der Waals surface area contributed by atoms with Crippen molar-refractivity contribution in [3.63, 3.8) is 0 Å². The molecule has 1 aromatic rings. The van der Waals surface area contributed by atoms with Crippen molar-refractivity contribution in [3.8, 4) is 0 Å². The van der Waals surface area contributed by atoms with E-state index in [1.165, 1.54) is 11.0 Å². The van der Waals surface area contributed by atoms with Gasteiger partial charge in [-0.2, -0.15) is 0 Å². The number of carbonyl (C=O) groups is 2. The van der Waals surface area contributed by atoms with Crippen molar-refractivity contribution in [1.82, 2.24) is 4.90 Å². The number of halogens is 1. The Bertz CT molecular complexity index is 459. The van der Waals surface area contributed by atoms with E-state index in [-0.39, 0.29) is 25.4 Å². The highest BCUT2D eigenvalue weighted by Crippen LogP contribution is 2.12. The summed E-state index contributed by atoms with van der Waals surface area (Å²) in [5, 5.41) is 9.27. The lowest BCUT2D eigenvalue weighted by Crippen LogP contribution is -2.36. The van der Waals surface area contributed by atoms with Gasteiger partial charge < -0.3 is 10.0 Å². The summed E-state index contributed by atoms with van der Waals surface area (Å²) in [6, 6.07) is 6.93. The summed E-state index contributed by atoms with van der Waals surface area (Å²) >= 11 is 5.82. The molecule has 1 rings (SSSR count). The molecule has 0 aliphatic heterocycles. The minimum absolute atomic E-state index is 0.127. The molecule has 0 saturated carbocycles. The predicted molar refractivity (Wildman–Crippen MR) is 69.6 cm³/mol. The smallest absolute Gasteiger partial charge is 0.323 e. The monoisotopic (exact) mass is 267 g/mol. The van der Waals surface area contributed by atoms with Gasteiger partial charge in [-0.05, 0) is 17.7 Å². The zero-order valence-electron chi connectivity index (χ0n) is 9.80. The predicted octanol–water partition coefficient (Wildman–Crippen LogP) is 1.98. The van der Waals surface area contributed by atoms with E-state index in [0.717, 1.165) is 5.56 Å². The number of carboxylic acids is 1. The van der Waals surface area contributed by atoms with Crippen LogP contribution in [-0.4, -0.2) is 35.0 Å². The summed E-state index contributed by atoms with van der Waals surface area (Å²) < 4.78 is 0. The van der Waals surface area contributed by atoms with Gasteiger partial charge >= 0.3 is 5.97 Å². The number of rotatable bonds is 6. The molecule has 0 radical (unpaired) electrons. The van der Waals surface area contributed by atoms with Gasteiger partial charge in [-0.15, -0.1) is 6.58 Å². The summed E-state index contributed by atoms with van der Waals surface area (Å²) in [6.07, 6.45) is 1.63. The van der Waals surface area contributed by atoms with Crippen molar-refractivity contribution >= 4 is 23.5 Å². The normalized spacial score (nSPS) is 9.83. The number of carboxylic acid groups (broad SMARTS) is 1. The Morgan fingerprint density at radius 2 is 2.17 bits per heavy atom. The molecule has 96 valence electrons. The molecule has 0 aliphatic rings. The lowest BCUT2D eigenvalue weighted by Gasteiger charge is -2.18.